The second-order valence-electron chi connectivity index (χ2n) is 7.48. The number of carbonyl (C=O) groups excluding carboxylic acids is 1. The number of nitrogens with one attached hydrogen (secondary N) is 2. The Bertz CT molecular complexity index is 1190. The van der Waals surface area contributed by atoms with E-state index in [9.17, 15) is 4.79 Å². The molecule has 4 rings (SSSR count). The summed E-state index contributed by atoms with van der Waals surface area (Å²) in [5, 5.41) is 3.25. The number of anilines is 1. The average molecular weight is 538 g/mol. The number of nitrogens with zero attached hydrogens (tertiary/aromatic N) is 1. The smallest absolute Gasteiger partial charge is 0.237 e. The molecule has 0 saturated carbocycles. The third kappa shape index (κ3) is 5.63. The van der Waals surface area contributed by atoms with E-state index in [1.54, 1.807) is 14.2 Å². The van der Waals surface area contributed by atoms with Gasteiger partial charge in [0.05, 0.1) is 30.9 Å². The van der Waals surface area contributed by atoms with Crippen LogP contribution in [0.1, 0.15) is 6.92 Å². The normalized spacial score (nSPS) is 11.6. The molecular formula is C26H24BrN3O3S. The molecular weight excluding hydrogens is 514 g/mol. The highest BCUT2D eigenvalue weighted by molar-refractivity contribution is 9.10. The number of hydrogen-bond acceptors (Lipinski definition) is 5. The predicted molar refractivity (Wildman–Crippen MR) is 141 cm³/mol. The molecule has 0 bridgehead atoms. The van der Waals surface area contributed by atoms with Gasteiger partial charge in [-0.25, -0.2) is 4.98 Å². The topological polar surface area (TPSA) is 76.2 Å². The lowest BCUT2D eigenvalue weighted by Crippen LogP contribution is -2.22. The van der Waals surface area contributed by atoms with Gasteiger partial charge in [-0.2, -0.15) is 0 Å². The van der Waals surface area contributed by atoms with E-state index in [1.807, 2.05) is 79.7 Å². The van der Waals surface area contributed by atoms with Crippen molar-refractivity contribution in [3.63, 3.8) is 0 Å². The van der Waals surface area contributed by atoms with E-state index in [4.69, 9.17) is 14.5 Å². The van der Waals surface area contributed by atoms with Crippen molar-refractivity contribution in [3.8, 4) is 34.0 Å². The Kier molecular flexibility index (Phi) is 7.59. The third-order valence-corrected chi connectivity index (χ3v) is 6.71. The lowest BCUT2D eigenvalue weighted by Gasteiger charge is -2.10. The van der Waals surface area contributed by atoms with Crippen molar-refractivity contribution in [2.75, 3.05) is 19.5 Å². The summed E-state index contributed by atoms with van der Waals surface area (Å²) in [4.78, 5) is 21.0. The van der Waals surface area contributed by atoms with E-state index < -0.39 is 0 Å². The largest absolute Gasteiger partial charge is 0.497 e. The van der Waals surface area contributed by atoms with Crippen molar-refractivity contribution >= 4 is 39.3 Å². The van der Waals surface area contributed by atoms with Gasteiger partial charge in [-0.3, -0.25) is 4.79 Å². The molecule has 0 aliphatic rings. The minimum atomic E-state index is -0.359. The maximum atomic E-state index is 12.8. The summed E-state index contributed by atoms with van der Waals surface area (Å²) in [5.74, 6) is 1.46. The Morgan fingerprint density at radius 3 is 2.03 bits per heavy atom. The Labute approximate surface area is 211 Å². The van der Waals surface area contributed by atoms with Gasteiger partial charge in [0.25, 0.3) is 0 Å². The van der Waals surface area contributed by atoms with Crippen LogP contribution in [0.3, 0.4) is 0 Å². The van der Waals surface area contributed by atoms with Crippen LogP contribution in [0, 0.1) is 0 Å². The highest BCUT2D eigenvalue weighted by Gasteiger charge is 2.20. The van der Waals surface area contributed by atoms with Crippen LogP contribution in [-0.4, -0.2) is 35.3 Å². The molecule has 0 radical (unpaired) electrons. The molecule has 0 aliphatic carbocycles. The second-order valence-corrected chi connectivity index (χ2v) is 9.72. The third-order valence-electron chi connectivity index (χ3n) is 5.19. The van der Waals surface area contributed by atoms with Crippen molar-refractivity contribution in [1.29, 1.82) is 0 Å². The first-order valence-electron chi connectivity index (χ1n) is 10.6. The molecule has 2 N–H and O–H groups in total. The Balaban J connectivity index is 1.61. The van der Waals surface area contributed by atoms with Gasteiger partial charge < -0.3 is 19.8 Å². The molecule has 0 aliphatic heterocycles. The van der Waals surface area contributed by atoms with Gasteiger partial charge in [-0.05, 0) is 79.7 Å². The summed E-state index contributed by atoms with van der Waals surface area (Å²) in [6, 6.07) is 23.0. The van der Waals surface area contributed by atoms with Crippen LogP contribution < -0.4 is 14.8 Å². The van der Waals surface area contributed by atoms with Gasteiger partial charge in [-0.15, -0.1) is 0 Å². The number of rotatable bonds is 8. The number of aromatic amines is 1. The number of aromatic nitrogens is 2. The number of thioether (sulfide) groups is 1. The zero-order valence-electron chi connectivity index (χ0n) is 19.0. The van der Waals surface area contributed by atoms with Gasteiger partial charge >= 0.3 is 0 Å². The summed E-state index contributed by atoms with van der Waals surface area (Å²) in [6.07, 6.45) is 0. The van der Waals surface area contributed by atoms with Crippen molar-refractivity contribution in [1.82, 2.24) is 9.97 Å². The number of imidazole rings is 1. The Morgan fingerprint density at radius 1 is 0.912 bits per heavy atom. The SMILES string of the molecule is COc1ccc(-c2nc(SC(C)C(=O)Nc3ccc(Br)cc3)[nH]c2-c2ccc(OC)cc2)cc1. The van der Waals surface area contributed by atoms with Crippen LogP contribution >= 0.6 is 27.7 Å². The van der Waals surface area contributed by atoms with Crippen LogP contribution in [0.15, 0.2) is 82.4 Å². The van der Waals surface area contributed by atoms with Gasteiger partial charge in [0.2, 0.25) is 5.91 Å². The number of amides is 1. The number of halogens is 1. The molecule has 1 unspecified atom stereocenters. The lowest BCUT2D eigenvalue weighted by atomic mass is 10.0. The van der Waals surface area contributed by atoms with Gasteiger partial charge in [-0.1, -0.05) is 27.7 Å². The Morgan fingerprint density at radius 2 is 1.47 bits per heavy atom. The van der Waals surface area contributed by atoms with E-state index in [1.165, 1.54) is 11.8 Å². The van der Waals surface area contributed by atoms with E-state index >= 15 is 0 Å². The highest BCUT2D eigenvalue weighted by Crippen LogP contribution is 2.35. The molecule has 0 spiro atoms. The van der Waals surface area contributed by atoms with Crippen LogP contribution in [0.4, 0.5) is 5.69 Å². The van der Waals surface area contributed by atoms with Crippen LogP contribution in [0.25, 0.3) is 22.5 Å². The summed E-state index contributed by atoms with van der Waals surface area (Å²) < 4.78 is 11.5. The summed E-state index contributed by atoms with van der Waals surface area (Å²) in [7, 11) is 3.28. The molecule has 6 nitrogen and oxygen atoms in total. The predicted octanol–water partition coefficient (Wildman–Crippen LogP) is 6.64. The molecule has 8 heteroatoms. The fourth-order valence-electron chi connectivity index (χ4n) is 3.33. The first kappa shape index (κ1) is 23.9. The zero-order chi connectivity index (χ0) is 24.1. The van der Waals surface area contributed by atoms with E-state index in [0.717, 1.165) is 44.2 Å². The monoisotopic (exact) mass is 537 g/mol. The van der Waals surface area contributed by atoms with Crippen LogP contribution in [0.5, 0.6) is 11.5 Å². The molecule has 4 aromatic rings. The number of benzene rings is 3. The standard InChI is InChI=1S/C26H24BrN3O3S/c1-16(25(31)28-20-10-8-19(27)9-11-20)34-26-29-23(17-4-12-21(32-2)13-5-17)24(30-26)18-6-14-22(33-3)15-7-18/h4-16H,1-3H3,(H,28,31)(H,29,30). The molecule has 3 aromatic carbocycles. The van der Waals surface area contributed by atoms with E-state index in [-0.39, 0.29) is 11.2 Å². The number of methoxy groups -OCH3 is 2. The molecule has 34 heavy (non-hydrogen) atoms. The van der Waals surface area contributed by atoms with Crippen LogP contribution in [0.2, 0.25) is 0 Å². The van der Waals surface area contributed by atoms with E-state index in [0.29, 0.717) is 5.16 Å². The second kappa shape index (κ2) is 10.8. The minimum absolute atomic E-state index is 0.0966. The van der Waals surface area contributed by atoms with E-state index in [2.05, 4.69) is 26.2 Å². The summed E-state index contributed by atoms with van der Waals surface area (Å²) >= 11 is 4.78. The van der Waals surface area contributed by atoms with Crippen molar-refractivity contribution < 1.29 is 14.3 Å². The quantitative estimate of drug-likeness (QED) is 0.246. The maximum absolute atomic E-state index is 12.8. The number of hydrogen-bond donors (Lipinski definition) is 2. The first-order chi connectivity index (χ1) is 16.5. The lowest BCUT2D eigenvalue weighted by molar-refractivity contribution is -0.115. The summed E-state index contributed by atoms with van der Waals surface area (Å²) in [5.41, 5.74) is 4.34. The summed E-state index contributed by atoms with van der Waals surface area (Å²) in [6.45, 7) is 1.86. The molecule has 174 valence electrons. The fraction of sp³-hybridized carbons (Fsp3) is 0.154. The molecule has 0 fully saturated rings. The number of ether oxygens (including phenoxy) is 2. The number of H-pyrrole nitrogens is 1. The first-order valence-corrected chi connectivity index (χ1v) is 12.3. The van der Waals surface area contributed by atoms with Crippen molar-refractivity contribution in [3.05, 3.63) is 77.3 Å². The minimum Gasteiger partial charge on any atom is -0.497 e. The Hall–Kier alpha value is -3.23. The zero-order valence-corrected chi connectivity index (χ0v) is 21.4. The molecule has 1 amide bonds. The van der Waals surface area contributed by atoms with Crippen molar-refractivity contribution in [2.24, 2.45) is 0 Å². The van der Waals surface area contributed by atoms with Crippen molar-refractivity contribution in [2.45, 2.75) is 17.3 Å². The maximum Gasteiger partial charge on any atom is 0.237 e. The van der Waals surface area contributed by atoms with Gasteiger partial charge in [0, 0.05) is 21.3 Å². The van der Waals surface area contributed by atoms with Gasteiger partial charge in [0.1, 0.15) is 11.5 Å². The molecule has 0 saturated heterocycles. The van der Waals surface area contributed by atoms with Gasteiger partial charge in [0.15, 0.2) is 5.16 Å². The molecule has 1 heterocycles. The fourth-order valence-corrected chi connectivity index (χ4v) is 4.40. The van der Waals surface area contributed by atoms with Crippen LogP contribution in [-0.2, 0) is 4.79 Å². The molecule has 1 atom stereocenters. The number of carbonyl (C=O) groups is 1. The highest BCUT2D eigenvalue weighted by atomic mass is 79.9. The molecule has 1 aromatic heterocycles. The average Bonchev–Trinajstić information content (AvgIpc) is 3.29.